The molecule has 1 rings (SSSR count). The Morgan fingerprint density at radius 2 is 1.86 bits per heavy atom. The minimum absolute atomic E-state index is 0.279. The number of ether oxygens (including phenoxy) is 1. The molecule has 0 aliphatic carbocycles. The quantitative estimate of drug-likeness (QED) is 0.832. The molecule has 120 valence electrons. The third-order valence-corrected chi connectivity index (χ3v) is 2.90. The van der Waals surface area contributed by atoms with Gasteiger partial charge in [0, 0.05) is 12.3 Å². The second kappa shape index (κ2) is 16.4. The van der Waals surface area contributed by atoms with Crippen molar-refractivity contribution in [2.24, 2.45) is 0 Å². The van der Waals surface area contributed by atoms with E-state index in [0.29, 0.717) is 4.88 Å². The Labute approximate surface area is 131 Å². The number of aromatic nitrogens is 1. The molecule has 0 fully saturated rings. The number of aromatic amines is 1. The van der Waals surface area contributed by atoms with E-state index in [0.717, 1.165) is 0 Å². The number of esters is 1. The number of H-pyrrole nitrogens is 1. The monoisotopic (exact) mass is 313 g/mol. The van der Waals surface area contributed by atoms with Gasteiger partial charge in [-0.3, -0.25) is 4.79 Å². The third-order valence-electron chi connectivity index (χ3n) is 2.07. The van der Waals surface area contributed by atoms with E-state index in [1.54, 1.807) is 17.5 Å². The predicted octanol–water partition coefficient (Wildman–Crippen LogP) is 4.57. The van der Waals surface area contributed by atoms with Crippen LogP contribution in [0.15, 0.2) is 34.6 Å². The number of rotatable bonds is 3. The number of hydrogen-bond donors (Lipinski definition) is 1. The zero-order chi connectivity index (χ0) is 16.5. The minimum Gasteiger partial charge on any atom is -0.465 e. The fourth-order valence-corrected chi connectivity index (χ4v) is 1.70. The molecule has 0 spiro atoms. The van der Waals surface area contributed by atoms with Crippen LogP contribution in [0, 0.1) is 0 Å². The van der Waals surface area contributed by atoms with Crippen LogP contribution in [0.5, 0.6) is 0 Å². The van der Waals surface area contributed by atoms with Crippen LogP contribution in [0.1, 0.15) is 56.6 Å². The van der Waals surface area contributed by atoms with Gasteiger partial charge in [0.2, 0.25) is 5.56 Å². The summed E-state index contributed by atoms with van der Waals surface area (Å²) in [5, 5.41) is 1.69. The SMILES string of the molecule is CC.CCCCC.COC(=O)c1c[nH]c(=O)ccccs1. The highest BCUT2D eigenvalue weighted by molar-refractivity contribution is 7.11. The lowest BCUT2D eigenvalue weighted by Crippen LogP contribution is -2.02. The Morgan fingerprint density at radius 1 is 1.24 bits per heavy atom. The molecule has 0 aliphatic rings. The number of nitrogens with one attached hydrogen (secondary N) is 1. The van der Waals surface area contributed by atoms with Gasteiger partial charge in [-0.1, -0.05) is 59.1 Å². The van der Waals surface area contributed by atoms with E-state index in [-0.39, 0.29) is 5.56 Å². The molecule has 1 aromatic heterocycles. The van der Waals surface area contributed by atoms with E-state index in [1.807, 2.05) is 13.8 Å². The Balaban J connectivity index is 0. The molecule has 1 heterocycles. The summed E-state index contributed by atoms with van der Waals surface area (Å²) in [5.41, 5.74) is -0.279. The first kappa shape index (κ1) is 21.7. The van der Waals surface area contributed by atoms with Crippen LogP contribution < -0.4 is 5.56 Å². The summed E-state index contributed by atoms with van der Waals surface area (Å²) in [6.07, 6.45) is 5.41. The Hall–Kier alpha value is -1.62. The highest BCUT2D eigenvalue weighted by atomic mass is 32.1. The Kier molecular flexibility index (Phi) is 17.0. The van der Waals surface area contributed by atoms with E-state index < -0.39 is 5.97 Å². The lowest BCUT2D eigenvalue weighted by Gasteiger charge is -1.92. The topological polar surface area (TPSA) is 59.2 Å². The van der Waals surface area contributed by atoms with E-state index in [1.165, 1.54) is 50.0 Å². The number of unbranched alkanes of at least 4 members (excludes halogenated alkanes) is 2. The summed E-state index contributed by atoms with van der Waals surface area (Å²) >= 11 is 1.19. The van der Waals surface area contributed by atoms with Gasteiger partial charge in [0.05, 0.1) is 7.11 Å². The van der Waals surface area contributed by atoms with Crippen molar-refractivity contribution in [1.82, 2.24) is 4.98 Å². The molecule has 0 atom stereocenters. The first-order chi connectivity index (χ1) is 10.2. The third kappa shape index (κ3) is 13.1. The zero-order valence-electron chi connectivity index (χ0n) is 13.6. The van der Waals surface area contributed by atoms with E-state index >= 15 is 0 Å². The summed E-state index contributed by atoms with van der Waals surface area (Å²) in [5.74, 6) is -0.471. The summed E-state index contributed by atoms with van der Waals surface area (Å²) in [7, 11) is 1.29. The fraction of sp³-hybridized carbons (Fsp3) is 0.500. The molecule has 0 aromatic carbocycles. The van der Waals surface area contributed by atoms with Crippen molar-refractivity contribution in [3.05, 3.63) is 45.0 Å². The largest absolute Gasteiger partial charge is 0.465 e. The maximum Gasteiger partial charge on any atom is 0.349 e. The maximum absolute atomic E-state index is 11.1. The molecular weight excluding hydrogens is 286 g/mol. The molecule has 1 aromatic rings. The van der Waals surface area contributed by atoms with Crippen molar-refractivity contribution in [1.29, 1.82) is 0 Å². The van der Waals surface area contributed by atoms with Gasteiger partial charge in [-0.2, -0.15) is 0 Å². The average molecular weight is 313 g/mol. The zero-order valence-corrected chi connectivity index (χ0v) is 14.5. The predicted molar refractivity (Wildman–Crippen MR) is 90.5 cm³/mol. The normalized spacial score (nSPS) is 8.24. The van der Waals surface area contributed by atoms with Crippen molar-refractivity contribution in [2.75, 3.05) is 7.11 Å². The summed E-state index contributed by atoms with van der Waals surface area (Å²) in [4.78, 5) is 24.9. The lowest BCUT2D eigenvalue weighted by molar-refractivity contribution is 0.0606. The molecule has 0 radical (unpaired) electrons. The maximum atomic E-state index is 11.1. The lowest BCUT2D eigenvalue weighted by atomic mass is 10.3. The number of methoxy groups -OCH3 is 1. The van der Waals surface area contributed by atoms with Crippen molar-refractivity contribution >= 4 is 17.3 Å². The number of hydrogen-bond acceptors (Lipinski definition) is 4. The second-order valence-electron chi connectivity index (χ2n) is 3.67. The summed E-state index contributed by atoms with van der Waals surface area (Å²) in [6.45, 7) is 8.42. The summed E-state index contributed by atoms with van der Waals surface area (Å²) in [6, 6.07) is 4.64. The average Bonchev–Trinajstić information content (AvgIpc) is 2.62. The van der Waals surface area contributed by atoms with Gasteiger partial charge in [-0.15, -0.1) is 11.3 Å². The highest BCUT2D eigenvalue weighted by Gasteiger charge is 2.02. The van der Waals surface area contributed by atoms with Gasteiger partial charge in [0.1, 0.15) is 4.88 Å². The molecular formula is C16H27NO3S. The van der Waals surface area contributed by atoms with Crippen molar-refractivity contribution < 1.29 is 9.53 Å². The number of carbonyl (C=O) groups is 1. The Bertz CT molecular complexity index is 463. The van der Waals surface area contributed by atoms with Gasteiger partial charge in [0.25, 0.3) is 0 Å². The van der Waals surface area contributed by atoms with Gasteiger partial charge < -0.3 is 9.72 Å². The molecule has 21 heavy (non-hydrogen) atoms. The van der Waals surface area contributed by atoms with Gasteiger partial charge in [-0.05, 0) is 5.38 Å². The molecule has 0 saturated carbocycles. The Morgan fingerprint density at radius 3 is 2.33 bits per heavy atom. The van der Waals surface area contributed by atoms with E-state index in [4.69, 9.17) is 0 Å². The standard InChI is InChI=1S/C9H9NO3S.C5H12.C2H6/c1-13-9(12)7-6-10-8(11)4-2-3-5-14-7;1-3-5-4-2;1-2/h2-6H,1H3,(H,10,11);3-5H2,1-2H3;1-2H3. The van der Waals surface area contributed by atoms with Crippen molar-refractivity contribution in [2.45, 2.75) is 47.0 Å². The van der Waals surface area contributed by atoms with Crippen LogP contribution in [0.3, 0.4) is 0 Å². The van der Waals surface area contributed by atoms with Crippen molar-refractivity contribution in [3.8, 4) is 0 Å². The molecule has 0 aliphatic heterocycles. The molecule has 4 nitrogen and oxygen atoms in total. The molecule has 0 saturated heterocycles. The second-order valence-corrected chi connectivity index (χ2v) is 4.62. The highest BCUT2D eigenvalue weighted by Crippen LogP contribution is 2.02. The first-order valence-electron chi connectivity index (χ1n) is 7.24. The molecule has 5 heteroatoms. The first-order valence-corrected chi connectivity index (χ1v) is 8.12. The van der Waals surface area contributed by atoms with Crippen LogP contribution in [-0.4, -0.2) is 18.1 Å². The summed E-state index contributed by atoms with van der Waals surface area (Å²) < 4.78 is 4.53. The van der Waals surface area contributed by atoms with E-state index in [2.05, 4.69) is 23.6 Å². The van der Waals surface area contributed by atoms with E-state index in [9.17, 15) is 9.59 Å². The van der Waals surface area contributed by atoms with Gasteiger partial charge in [0.15, 0.2) is 0 Å². The van der Waals surface area contributed by atoms with Crippen LogP contribution in [-0.2, 0) is 4.74 Å². The van der Waals surface area contributed by atoms with Crippen LogP contribution in [0.4, 0.5) is 0 Å². The van der Waals surface area contributed by atoms with Gasteiger partial charge in [-0.25, -0.2) is 4.79 Å². The van der Waals surface area contributed by atoms with Gasteiger partial charge >= 0.3 is 5.97 Å². The minimum atomic E-state index is -0.471. The van der Waals surface area contributed by atoms with Crippen LogP contribution >= 0.6 is 11.3 Å². The number of carbonyl (C=O) groups excluding carboxylic acids is 1. The van der Waals surface area contributed by atoms with Crippen LogP contribution in [0.2, 0.25) is 0 Å². The molecule has 0 bridgehead atoms. The van der Waals surface area contributed by atoms with Crippen molar-refractivity contribution in [3.63, 3.8) is 0 Å². The fourth-order valence-electron chi connectivity index (χ4n) is 1.08. The smallest absolute Gasteiger partial charge is 0.349 e. The van der Waals surface area contributed by atoms with Crippen LogP contribution in [0.25, 0.3) is 0 Å². The molecule has 0 amide bonds. The molecule has 1 N–H and O–H groups in total. The molecule has 0 unspecified atom stereocenters.